The van der Waals surface area contributed by atoms with Gasteiger partial charge in [0.05, 0.1) is 17.5 Å². The molecule has 0 spiro atoms. The second-order valence-electron chi connectivity index (χ2n) is 6.23. The fourth-order valence-electron chi connectivity index (χ4n) is 2.37. The SMILES string of the molecule is CC(=O)Nc1ccc(NS(C)(=O)=O)c(C(=O)NCCSc2ccc(C)cc2)c1. The number of sulfonamides is 1. The summed E-state index contributed by atoms with van der Waals surface area (Å²) < 4.78 is 25.5. The summed E-state index contributed by atoms with van der Waals surface area (Å²) in [6.07, 6.45) is 1.01. The van der Waals surface area contributed by atoms with Crippen LogP contribution in [0.15, 0.2) is 47.4 Å². The molecule has 0 bridgehead atoms. The largest absolute Gasteiger partial charge is 0.351 e. The van der Waals surface area contributed by atoms with E-state index < -0.39 is 15.9 Å². The molecule has 2 rings (SSSR count). The Hall–Kier alpha value is -2.52. The fourth-order valence-corrected chi connectivity index (χ4v) is 3.71. The molecule has 0 saturated carbocycles. The number of hydrogen-bond donors (Lipinski definition) is 3. The van der Waals surface area contributed by atoms with E-state index in [2.05, 4.69) is 15.4 Å². The summed E-state index contributed by atoms with van der Waals surface area (Å²) in [7, 11) is -3.56. The molecule has 0 heterocycles. The van der Waals surface area contributed by atoms with Crippen molar-refractivity contribution in [1.82, 2.24) is 5.32 Å². The normalized spacial score (nSPS) is 11.0. The van der Waals surface area contributed by atoms with Crippen molar-refractivity contribution in [3.05, 3.63) is 53.6 Å². The zero-order chi connectivity index (χ0) is 20.7. The lowest BCUT2D eigenvalue weighted by Crippen LogP contribution is -2.27. The number of carbonyl (C=O) groups is 2. The van der Waals surface area contributed by atoms with Crippen molar-refractivity contribution >= 4 is 45.0 Å². The van der Waals surface area contributed by atoms with Crippen molar-refractivity contribution in [3.8, 4) is 0 Å². The van der Waals surface area contributed by atoms with Gasteiger partial charge in [-0.15, -0.1) is 11.8 Å². The van der Waals surface area contributed by atoms with Crippen LogP contribution in [-0.2, 0) is 14.8 Å². The quantitative estimate of drug-likeness (QED) is 0.449. The molecule has 3 N–H and O–H groups in total. The number of hydrogen-bond acceptors (Lipinski definition) is 5. The molecule has 0 saturated heterocycles. The highest BCUT2D eigenvalue weighted by atomic mass is 32.2. The number of thioether (sulfide) groups is 1. The second-order valence-corrected chi connectivity index (χ2v) is 9.15. The van der Waals surface area contributed by atoms with Crippen LogP contribution in [0.5, 0.6) is 0 Å². The van der Waals surface area contributed by atoms with Crippen LogP contribution in [0.2, 0.25) is 0 Å². The highest BCUT2D eigenvalue weighted by Gasteiger charge is 2.15. The average Bonchev–Trinajstić information content (AvgIpc) is 2.59. The first-order chi connectivity index (χ1) is 13.1. The molecule has 2 aromatic carbocycles. The van der Waals surface area contributed by atoms with E-state index in [4.69, 9.17) is 0 Å². The standard InChI is InChI=1S/C19H23N3O4S2/c1-13-4-7-16(8-5-13)27-11-10-20-19(24)17-12-15(21-14(2)23)6-9-18(17)22-28(3,25)26/h4-9,12,22H,10-11H2,1-3H3,(H,20,24)(H,21,23). The van der Waals surface area contributed by atoms with E-state index in [1.54, 1.807) is 11.8 Å². The Balaban J connectivity index is 2.05. The van der Waals surface area contributed by atoms with Crippen LogP contribution >= 0.6 is 11.8 Å². The Kier molecular flexibility index (Phi) is 7.47. The van der Waals surface area contributed by atoms with Gasteiger partial charge in [-0.05, 0) is 37.3 Å². The number of carbonyl (C=O) groups excluding carboxylic acids is 2. The molecular weight excluding hydrogens is 398 g/mol. The summed E-state index contributed by atoms with van der Waals surface area (Å²) in [4.78, 5) is 24.9. The van der Waals surface area contributed by atoms with E-state index in [1.165, 1.54) is 30.7 Å². The lowest BCUT2D eigenvalue weighted by Gasteiger charge is -2.13. The van der Waals surface area contributed by atoms with Gasteiger partial charge in [0.25, 0.3) is 5.91 Å². The molecular formula is C19H23N3O4S2. The van der Waals surface area contributed by atoms with E-state index in [9.17, 15) is 18.0 Å². The van der Waals surface area contributed by atoms with Gasteiger partial charge in [0.2, 0.25) is 15.9 Å². The highest BCUT2D eigenvalue weighted by Crippen LogP contribution is 2.22. The molecule has 0 radical (unpaired) electrons. The summed E-state index contributed by atoms with van der Waals surface area (Å²) in [5, 5.41) is 5.36. The molecule has 0 unspecified atom stereocenters. The predicted octanol–water partition coefficient (Wildman–Crippen LogP) is 2.85. The molecule has 150 valence electrons. The molecule has 2 amide bonds. The molecule has 2 aromatic rings. The maximum absolute atomic E-state index is 12.6. The van der Waals surface area contributed by atoms with Crippen LogP contribution in [0.1, 0.15) is 22.8 Å². The van der Waals surface area contributed by atoms with Gasteiger partial charge >= 0.3 is 0 Å². The van der Waals surface area contributed by atoms with Crippen LogP contribution in [0, 0.1) is 6.92 Å². The average molecular weight is 422 g/mol. The van der Waals surface area contributed by atoms with Gasteiger partial charge in [0, 0.05) is 29.8 Å². The molecule has 0 fully saturated rings. The van der Waals surface area contributed by atoms with Crippen LogP contribution in [0.4, 0.5) is 11.4 Å². The third kappa shape index (κ3) is 7.24. The first-order valence-corrected chi connectivity index (χ1v) is 11.4. The lowest BCUT2D eigenvalue weighted by molar-refractivity contribution is -0.114. The number of amides is 2. The third-order valence-electron chi connectivity index (χ3n) is 3.56. The van der Waals surface area contributed by atoms with Gasteiger partial charge in [-0.25, -0.2) is 8.42 Å². The van der Waals surface area contributed by atoms with Crippen molar-refractivity contribution in [3.63, 3.8) is 0 Å². The first-order valence-electron chi connectivity index (χ1n) is 8.51. The van der Waals surface area contributed by atoms with Crippen molar-refractivity contribution in [2.75, 3.05) is 28.6 Å². The minimum atomic E-state index is -3.56. The van der Waals surface area contributed by atoms with E-state index in [0.29, 0.717) is 18.0 Å². The van der Waals surface area contributed by atoms with Gasteiger partial charge in [0.15, 0.2) is 0 Å². The number of rotatable bonds is 8. The van der Waals surface area contributed by atoms with E-state index >= 15 is 0 Å². The third-order valence-corrected chi connectivity index (χ3v) is 5.16. The van der Waals surface area contributed by atoms with Crippen molar-refractivity contribution < 1.29 is 18.0 Å². The van der Waals surface area contributed by atoms with Crippen LogP contribution in [0.25, 0.3) is 0 Å². The zero-order valence-corrected chi connectivity index (χ0v) is 17.5. The number of aryl methyl sites for hydroxylation is 1. The smallest absolute Gasteiger partial charge is 0.253 e. The van der Waals surface area contributed by atoms with Crippen molar-refractivity contribution in [2.24, 2.45) is 0 Å². The van der Waals surface area contributed by atoms with E-state index in [1.807, 2.05) is 31.2 Å². The van der Waals surface area contributed by atoms with Gasteiger partial charge in [-0.1, -0.05) is 17.7 Å². The van der Waals surface area contributed by atoms with Gasteiger partial charge < -0.3 is 10.6 Å². The summed E-state index contributed by atoms with van der Waals surface area (Å²) >= 11 is 1.61. The summed E-state index contributed by atoms with van der Waals surface area (Å²) in [5.74, 6) is -0.0535. The second kappa shape index (κ2) is 9.61. The maximum atomic E-state index is 12.6. The summed E-state index contributed by atoms with van der Waals surface area (Å²) in [5.41, 5.74) is 1.88. The van der Waals surface area contributed by atoms with Crippen LogP contribution in [0.3, 0.4) is 0 Å². The van der Waals surface area contributed by atoms with Crippen molar-refractivity contribution in [2.45, 2.75) is 18.7 Å². The fraction of sp³-hybridized carbons (Fsp3) is 0.263. The molecule has 0 atom stereocenters. The lowest BCUT2D eigenvalue weighted by atomic mass is 10.1. The minimum Gasteiger partial charge on any atom is -0.351 e. The molecule has 0 aliphatic rings. The summed E-state index contributed by atoms with van der Waals surface area (Å²) in [6.45, 7) is 3.77. The zero-order valence-electron chi connectivity index (χ0n) is 15.9. The maximum Gasteiger partial charge on any atom is 0.253 e. The Morgan fingerprint density at radius 3 is 2.36 bits per heavy atom. The van der Waals surface area contributed by atoms with Gasteiger partial charge in [-0.3, -0.25) is 14.3 Å². The Morgan fingerprint density at radius 2 is 1.75 bits per heavy atom. The van der Waals surface area contributed by atoms with Gasteiger partial charge in [0.1, 0.15) is 0 Å². The van der Waals surface area contributed by atoms with E-state index in [-0.39, 0.29) is 17.2 Å². The topological polar surface area (TPSA) is 104 Å². The Bertz CT molecular complexity index is 958. The van der Waals surface area contributed by atoms with Crippen LogP contribution < -0.4 is 15.4 Å². The Labute approximate surface area is 169 Å². The van der Waals surface area contributed by atoms with Crippen LogP contribution in [-0.4, -0.2) is 38.8 Å². The van der Waals surface area contributed by atoms with E-state index in [0.717, 1.165) is 11.2 Å². The highest BCUT2D eigenvalue weighted by molar-refractivity contribution is 7.99. The molecule has 28 heavy (non-hydrogen) atoms. The monoisotopic (exact) mass is 421 g/mol. The summed E-state index contributed by atoms with van der Waals surface area (Å²) in [6, 6.07) is 12.5. The molecule has 0 aliphatic carbocycles. The molecule has 9 heteroatoms. The Morgan fingerprint density at radius 1 is 1.07 bits per heavy atom. The molecule has 7 nitrogen and oxygen atoms in total. The molecule has 0 aliphatic heterocycles. The minimum absolute atomic E-state index is 0.136. The predicted molar refractivity (Wildman–Crippen MR) is 113 cm³/mol. The van der Waals surface area contributed by atoms with Crippen molar-refractivity contribution in [1.29, 1.82) is 0 Å². The molecule has 0 aromatic heterocycles. The number of benzene rings is 2. The number of nitrogens with one attached hydrogen (secondary N) is 3. The van der Waals surface area contributed by atoms with Gasteiger partial charge in [-0.2, -0.15) is 0 Å². The first kappa shape index (κ1) is 21.8. The number of anilines is 2.